The maximum Gasteiger partial charge on any atom is 0.159 e. The maximum absolute atomic E-state index is 6.67. The van der Waals surface area contributed by atoms with Gasteiger partial charge in [-0.1, -0.05) is 133 Å². The van der Waals surface area contributed by atoms with Crippen molar-refractivity contribution in [3.8, 4) is 78.6 Å². The Bertz CT molecular complexity index is 3250. The zero-order valence-electron chi connectivity index (χ0n) is 31.2. The van der Waals surface area contributed by atoms with Crippen molar-refractivity contribution in [3.63, 3.8) is 0 Å². The molecule has 10 aromatic rings. The molecule has 2 aliphatic heterocycles. The van der Waals surface area contributed by atoms with Crippen molar-refractivity contribution in [2.45, 2.75) is 0 Å². The molecule has 9 aromatic carbocycles. The first kappa shape index (κ1) is 32.4. The summed E-state index contributed by atoms with van der Waals surface area (Å²) in [5.41, 5.74) is 15.7. The predicted molar refractivity (Wildman–Crippen MR) is 236 cm³/mol. The number of hydrogen-bond donors (Lipinski definition) is 0. The van der Waals surface area contributed by atoms with Gasteiger partial charge in [-0.25, -0.2) is 0 Å². The number of rotatable bonds is 4. The molecule has 0 unspecified atom stereocenters. The van der Waals surface area contributed by atoms with Crippen molar-refractivity contribution in [1.29, 1.82) is 0 Å². The highest BCUT2D eigenvalue weighted by atomic mass is 16.5. The molecule has 0 amide bonds. The van der Waals surface area contributed by atoms with Gasteiger partial charge in [-0.05, 0) is 100 Å². The summed E-state index contributed by atoms with van der Waals surface area (Å²) in [4.78, 5) is 2.30. The fraction of sp³-hybridized carbons (Fsp3) is 0. The summed E-state index contributed by atoms with van der Waals surface area (Å²) in [5.74, 6) is 3.38. The monoisotopic (exact) mass is 743 g/mol. The van der Waals surface area contributed by atoms with Crippen molar-refractivity contribution in [3.05, 3.63) is 200 Å². The van der Waals surface area contributed by atoms with Crippen LogP contribution in [-0.2, 0) is 0 Å². The van der Waals surface area contributed by atoms with Crippen LogP contribution in [0.25, 0.3) is 77.6 Å². The SMILES string of the molecule is c1ccc2c(c1)Oc1ccc(N(c3ccc(-c4ccc5c(c4)-c4ccccc4Oc4ccccc4-5)cc3)c3cccc4c3oc3ccccc34)cc1-c1ccccc1-2. The summed E-state index contributed by atoms with van der Waals surface area (Å²) in [5, 5.41) is 2.17. The molecule has 12 rings (SSSR count). The number of para-hydroxylation sites is 5. The molecule has 4 nitrogen and oxygen atoms in total. The lowest BCUT2D eigenvalue weighted by molar-refractivity contribution is 0.487. The average molecular weight is 744 g/mol. The minimum absolute atomic E-state index is 0.816. The molecular formula is C54H33NO3. The van der Waals surface area contributed by atoms with Gasteiger partial charge in [-0.3, -0.25) is 0 Å². The van der Waals surface area contributed by atoms with Gasteiger partial charge in [0, 0.05) is 44.4 Å². The molecule has 3 heterocycles. The Morgan fingerprint density at radius 2 is 0.828 bits per heavy atom. The van der Waals surface area contributed by atoms with Gasteiger partial charge in [0.15, 0.2) is 5.58 Å². The van der Waals surface area contributed by atoms with Crippen LogP contribution in [0.3, 0.4) is 0 Å². The predicted octanol–water partition coefficient (Wildman–Crippen LogP) is 15.6. The molecule has 272 valence electrons. The van der Waals surface area contributed by atoms with Gasteiger partial charge in [-0.2, -0.15) is 0 Å². The molecule has 0 atom stereocenters. The second kappa shape index (κ2) is 12.9. The number of anilines is 3. The van der Waals surface area contributed by atoms with Crippen molar-refractivity contribution >= 4 is 39.0 Å². The third-order valence-electron chi connectivity index (χ3n) is 11.5. The van der Waals surface area contributed by atoms with Crippen LogP contribution in [0.4, 0.5) is 17.1 Å². The molecule has 0 N–H and O–H groups in total. The lowest BCUT2D eigenvalue weighted by Crippen LogP contribution is -2.10. The van der Waals surface area contributed by atoms with E-state index in [1.165, 1.54) is 0 Å². The van der Waals surface area contributed by atoms with Crippen molar-refractivity contribution < 1.29 is 13.9 Å². The van der Waals surface area contributed by atoms with Gasteiger partial charge in [0.2, 0.25) is 0 Å². The molecule has 2 aliphatic rings. The van der Waals surface area contributed by atoms with Crippen LogP contribution >= 0.6 is 0 Å². The van der Waals surface area contributed by atoms with Gasteiger partial charge in [0.25, 0.3) is 0 Å². The Balaban J connectivity index is 1.02. The number of fused-ring (bicyclic) bond motifs is 13. The van der Waals surface area contributed by atoms with Crippen LogP contribution in [0, 0.1) is 0 Å². The molecule has 0 radical (unpaired) electrons. The van der Waals surface area contributed by atoms with Gasteiger partial charge in [0.05, 0.1) is 5.69 Å². The van der Waals surface area contributed by atoms with E-state index in [1.54, 1.807) is 0 Å². The first-order valence-electron chi connectivity index (χ1n) is 19.6. The number of furan rings is 1. The lowest BCUT2D eigenvalue weighted by atomic mass is 9.91. The van der Waals surface area contributed by atoms with Gasteiger partial charge in [0.1, 0.15) is 28.6 Å². The Morgan fingerprint density at radius 3 is 1.53 bits per heavy atom. The highest BCUT2D eigenvalue weighted by molar-refractivity contribution is 6.10. The Kier molecular flexibility index (Phi) is 7.20. The van der Waals surface area contributed by atoms with Crippen molar-refractivity contribution in [2.24, 2.45) is 0 Å². The Labute approximate surface area is 335 Å². The molecule has 58 heavy (non-hydrogen) atoms. The number of ether oxygens (including phenoxy) is 2. The molecular weight excluding hydrogens is 711 g/mol. The lowest BCUT2D eigenvalue weighted by Gasteiger charge is -2.27. The molecule has 0 saturated heterocycles. The van der Waals surface area contributed by atoms with E-state index in [1.807, 2.05) is 48.5 Å². The molecule has 0 fully saturated rings. The topological polar surface area (TPSA) is 34.8 Å². The summed E-state index contributed by atoms with van der Waals surface area (Å²) >= 11 is 0. The van der Waals surface area contributed by atoms with Crippen LogP contribution in [0.5, 0.6) is 23.0 Å². The average Bonchev–Trinajstić information content (AvgIpc) is 3.52. The summed E-state index contributed by atoms with van der Waals surface area (Å²) < 4.78 is 19.8. The van der Waals surface area contributed by atoms with Crippen LogP contribution in [0.2, 0.25) is 0 Å². The van der Waals surface area contributed by atoms with Crippen LogP contribution in [0.1, 0.15) is 0 Å². The Morgan fingerprint density at radius 1 is 0.310 bits per heavy atom. The first-order valence-corrected chi connectivity index (χ1v) is 19.6. The van der Waals surface area contributed by atoms with E-state index >= 15 is 0 Å². The number of hydrogen-bond acceptors (Lipinski definition) is 4. The second-order valence-corrected chi connectivity index (χ2v) is 14.8. The normalized spacial score (nSPS) is 12.1. The smallest absolute Gasteiger partial charge is 0.159 e. The molecule has 4 heteroatoms. The zero-order chi connectivity index (χ0) is 38.2. The third kappa shape index (κ3) is 5.09. The van der Waals surface area contributed by atoms with E-state index in [2.05, 4.69) is 157 Å². The van der Waals surface area contributed by atoms with E-state index in [9.17, 15) is 0 Å². The third-order valence-corrected chi connectivity index (χ3v) is 11.5. The van der Waals surface area contributed by atoms with Gasteiger partial charge >= 0.3 is 0 Å². The minimum atomic E-state index is 0.816. The Hall–Kier alpha value is -7.82. The van der Waals surface area contributed by atoms with E-state index in [4.69, 9.17) is 13.9 Å². The van der Waals surface area contributed by atoms with E-state index < -0.39 is 0 Å². The molecule has 0 saturated carbocycles. The van der Waals surface area contributed by atoms with Gasteiger partial charge < -0.3 is 18.8 Å². The fourth-order valence-electron chi connectivity index (χ4n) is 8.80. The number of benzene rings is 9. The molecule has 0 spiro atoms. The van der Waals surface area contributed by atoms with E-state index in [-0.39, 0.29) is 0 Å². The summed E-state index contributed by atoms with van der Waals surface area (Å²) in [7, 11) is 0. The van der Waals surface area contributed by atoms with Crippen molar-refractivity contribution in [2.75, 3.05) is 4.90 Å². The summed E-state index contributed by atoms with van der Waals surface area (Å²) in [6.45, 7) is 0. The highest BCUT2D eigenvalue weighted by Gasteiger charge is 2.25. The van der Waals surface area contributed by atoms with Crippen LogP contribution < -0.4 is 14.4 Å². The van der Waals surface area contributed by atoms with Crippen LogP contribution in [-0.4, -0.2) is 0 Å². The second-order valence-electron chi connectivity index (χ2n) is 14.8. The minimum Gasteiger partial charge on any atom is -0.456 e. The molecule has 0 aliphatic carbocycles. The highest BCUT2D eigenvalue weighted by Crippen LogP contribution is 2.51. The largest absolute Gasteiger partial charge is 0.456 e. The van der Waals surface area contributed by atoms with E-state index in [0.29, 0.717) is 0 Å². The van der Waals surface area contributed by atoms with E-state index in [0.717, 1.165) is 118 Å². The fourth-order valence-corrected chi connectivity index (χ4v) is 8.80. The molecule has 1 aromatic heterocycles. The zero-order valence-corrected chi connectivity index (χ0v) is 31.2. The van der Waals surface area contributed by atoms with Gasteiger partial charge in [-0.15, -0.1) is 0 Å². The number of nitrogens with zero attached hydrogens (tertiary/aromatic N) is 1. The van der Waals surface area contributed by atoms with Crippen molar-refractivity contribution in [1.82, 2.24) is 0 Å². The summed E-state index contributed by atoms with van der Waals surface area (Å²) in [6.07, 6.45) is 0. The quantitative estimate of drug-likeness (QED) is 0.180. The maximum atomic E-state index is 6.67. The molecule has 0 bridgehead atoms. The summed E-state index contributed by atoms with van der Waals surface area (Å²) in [6, 6.07) is 70.1. The standard InChI is InChI=1S/C54H33NO3/c1-2-13-39-38(12-1)41-14-3-7-20-49(41)57-53-31-29-37(33-47(39)53)55(48-19-11-18-45-43-16-5-10-23-52(43)58-54(45)48)36-27-24-34(25-28-36)35-26-30-40-42-15-4-8-21-50(42)56-51-22-9-6-17-44(51)46(40)32-35/h1-33H. The first-order chi connectivity index (χ1) is 28.7. The van der Waals surface area contributed by atoms with Crippen LogP contribution in [0.15, 0.2) is 205 Å².